The predicted molar refractivity (Wildman–Crippen MR) is 65.8 cm³/mol. The van der Waals surface area contributed by atoms with Crippen molar-refractivity contribution in [2.75, 3.05) is 11.1 Å². The van der Waals surface area contributed by atoms with Crippen molar-refractivity contribution in [2.24, 2.45) is 0 Å². The lowest BCUT2D eigenvalue weighted by molar-refractivity contribution is 0.102. The van der Waals surface area contributed by atoms with Crippen molar-refractivity contribution in [3.8, 4) is 0 Å². The second-order valence-electron chi connectivity index (χ2n) is 3.38. The number of anilines is 2. The molecule has 0 spiro atoms. The van der Waals surface area contributed by atoms with Crippen LogP contribution in [0, 0.1) is 5.82 Å². The number of nitrogens with one attached hydrogen (secondary N) is 1. The maximum absolute atomic E-state index is 13.4. The quantitative estimate of drug-likeness (QED) is 0.872. The molecular weight excluding hydrogens is 259 g/mol. The van der Waals surface area contributed by atoms with E-state index in [9.17, 15) is 9.18 Å². The maximum Gasteiger partial charge on any atom is 0.275 e. The Bertz CT molecular complexity index is 568. The van der Waals surface area contributed by atoms with Crippen LogP contribution in [0.4, 0.5) is 15.9 Å². The summed E-state index contributed by atoms with van der Waals surface area (Å²) in [5, 5.41) is 2.43. The van der Waals surface area contributed by atoms with Gasteiger partial charge in [0.15, 0.2) is 0 Å². The number of hydrogen-bond donors (Lipinski definition) is 2. The zero-order valence-corrected chi connectivity index (χ0v) is 9.78. The topological polar surface area (TPSA) is 80.9 Å². The highest BCUT2D eigenvalue weighted by Crippen LogP contribution is 2.24. The number of nitrogens with zero attached hydrogens (tertiary/aromatic N) is 2. The fourth-order valence-electron chi connectivity index (χ4n) is 1.25. The minimum absolute atomic E-state index is 0.0171. The number of aromatic nitrogens is 2. The highest BCUT2D eigenvalue weighted by molar-refractivity contribution is 6.33. The average Bonchev–Trinajstić information content (AvgIpc) is 2.34. The summed E-state index contributed by atoms with van der Waals surface area (Å²) in [4.78, 5) is 19.2. The summed E-state index contributed by atoms with van der Waals surface area (Å²) < 4.78 is 13.4. The standard InChI is InChI=1S/C11H8ClFN4O/c12-6-2-1-3-7(13)10(6)17-11(18)8-4-16-9(14)5-15-8/h1-5H,(H2,14,16)(H,17,18). The average molecular weight is 267 g/mol. The van der Waals surface area contributed by atoms with E-state index in [1.807, 2.05) is 0 Å². The van der Waals surface area contributed by atoms with Gasteiger partial charge in [-0.2, -0.15) is 0 Å². The van der Waals surface area contributed by atoms with E-state index in [2.05, 4.69) is 15.3 Å². The van der Waals surface area contributed by atoms with Gasteiger partial charge < -0.3 is 11.1 Å². The molecule has 5 nitrogen and oxygen atoms in total. The van der Waals surface area contributed by atoms with Crippen LogP contribution in [0.3, 0.4) is 0 Å². The summed E-state index contributed by atoms with van der Waals surface area (Å²) >= 11 is 5.78. The van der Waals surface area contributed by atoms with E-state index in [4.69, 9.17) is 17.3 Å². The number of benzene rings is 1. The molecule has 3 N–H and O–H groups in total. The zero-order chi connectivity index (χ0) is 13.1. The van der Waals surface area contributed by atoms with E-state index in [0.29, 0.717) is 0 Å². The number of carbonyl (C=O) groups is 1. The first-order valence-corrected chi connectivity index (χ1v) is 5.28. The van der Waals surface area contributed by atoms with Gasteiger partial charge in [0, 0.05) is 0 Å². The van der Waals surface area contributed by atoms with Gasteiger partial charge in [0.05, 0.1) is 23.1 Å². The first-order valence-electron chi connectivity index (χ1n) is 4.91. The molecule has 0 atom stereocenters. The molecule has 1 amide bonds. The third kappa shape index (κ3) is 2.54. The van der Waals surface area contributed by atoms with Crippen LogP contribution in [0.15, 0.2) is 30.6 Å². The molecule has 2 aromatic rings. The van der Waals surface area contributed by atoms with E-state index in [-0.39, 0.29) is 22.2 Å². The molecule has 0 aliphatic carbocycles. The third-order valence-corrected chi connectivity index (χ3v) is 2.42. The molecule has 0 saturated carbocycles. The molecule has 2 rings (SSSR count). The molecule has 1 aromatic heterocycles. The second kappa shape index (κ2) is 4.97. The van der Waals surface area contributed by atoms with Crippen LogP contribution in [0.2, 0.25) is 5.02 Å². The number of para-hydroxylation sites is 1. The lowest BCUT2D eigenvalue weighted by Gasteiger charge is -2.07. The van der Waals surface area contributed by atoms with Gasteiger partial charge in [-0.15, -0.1) is 0 Å². The van der Waals surface area contributed by atoms with Crippen molar-refractivity contribution >= 4 is 29.0 Å². The van der Waals surface area contributed by atoms with Crippen LogP contribution < -0.4 is 11.1 Å². The summed E-state index contributed by atoms with van der Waals surface area (Å²) in [6.45, 7) is 0. The minimum Gasteiger partial charge on any atom is -0.382 e. The molecule has 0 unspecified atom stereocenters. The molecule has 1 heterocycles. The molecule has 0 aliphatic heterocycles. The van der Waals surface area contributed by atoms with Gasteiger partial charge in [0.25, 0.3) is 5.91 Å². The van der Waals surface area contributed by atoms with Gasteiger partial charge >= 0.3 is 0 Å². The Morgan fingerprint density at radius 3 is 2.72 bits per heavy atom. The number of halogens is 2. The monoisotopic (exact) mass is 266 g/mol. The van der Waals surface area contributed by atoms with Gasteiger partial charge in [0.2, 0.25) is 0 Å². The smallest absolute Gasteiger partial charge is 0.275 e. The largest absolute Gasteiger partial charge is 0.382 e. The van der Waals surface area contributed by atoms with E-state index in [0.717, 1.165) is 0 Å². The summed E-state index contributed by atoms with van der Waals surface area (Å²) in [7, 11) is 0. The number of rotatable bonds is 2. The van der Waals surface area contributed by atoms with Gasteiger partial charge in [-0.1, -0.05) is 17.7 Å². The molecule has 7 heteroatoms. The maximum atomic E-state index is 13.4. The summed E-state index contributed by atoms with van der Waals surface area (Å²) in [5.41, 5.74) is 5.26. The Balaban J connectivity index is 2.24. The lowest BCUT2D eigenvalue weighted by atomic mass is 10.3. The highest BCUT2D eigenvalue weighted by Gasteiger charge is 2.13. The van der Waals surface area contributed by atoms with Crippen molar-refractivity contribution in [2.45, 2.75) is 0 Å². The zero-order valence-electron chi connectivity index (χ0n) is 9.02. The van der Waals surface area contributed by atoms with Crippen molar-refractivity contribution < 1.29 is 9.18 Å². The second-order valence-corrected chi connectivity index (χ2v) is 3.78. The molecule has 0 aliphatic rings. The fourth-order valence-corrected chi connectivity index (χ4v) is 1.46. The molecule has 0 radical (unpaired) electrons. The summed E-state index contributed by atoms with van der Waals surface area (Å²) in [6.07, 6.45) is 2.43. The van der Waals surface area contributed by atoms with Gasteiger partial charge in [0.1, 0.15) is 17.3 Å². The Kier molecular flexibility index (Phi) is 3.38. The Labute approximate surface area is 107 Å². The van der Waals surface area contributed by atoms with Crippen molar-refractivity contribution in [1.29, 1.82) is 0 Å². The summed E-state index contributed by atoms with van der Waals surface area (Å²) in [5.74, 6) is -1.05. The number of carbonyl (C=O) groups excluding carboxylic acids is 1. The van der Waals surface area contributed by atoms with Crippen LogP contribution in [-0.2, 0) is 0 Å². The highest BCUT2D eigenvalue weighted by atomic mass is 35.5. The van der Waals surface area contributed by atoms with Gasteiger partial charge in [-0.3, -0.25) is 4.79 Å². The van der Waals surface area contributed by atoms with Crippen molar-refractivity contribution in [1.82, 2.24) is 9.97 Å². The van der Waals surface area contributed by atoms with Gasteiger partial charge in [-0.05, 0) is 12.1 Å². The number of amides is 1. The Hall–Kier alpha value is -2.21. The van der Waals surface area contributed by atoms with E-state index in [1.165, 1.54) is 30.6 Å². The minimum atomic E-state index is -0.626. The molecule has 1 aromatic carbocycles. The molecule has 18 heavy (non-hydrogen) atoms. The van der Waals surface area contributed by atoms with E-state index >= 15 is 0 Å². The molecule has 0 saturated heterocycles. The van der Waals surface area contributed by atoms with Crippen molar-refractivity contribution in [3.05, 3.63) is 47.1 Å². The Morgan fingerprint density at radius 2 is 2.11 bits per heavy atom. The molecule has 0 bridgehead atoms. The van der Waals surface area contributed by atoms with E-state index in [1.54, 1.807) is 0 Å². The number of nitrogens with two attached hydrogens (primary N) is 1. The summed E-state index contributed by atoms with van der Waals surface area (Å²) in [6, 6.07) is 4.10. The molecule has 0 fully saturated rings. The van der Waals surface area contributed by atoms with E-state index < -0.39 is 11.7 Å². The first-order chi connectivity index (χ1) is 8.58. The third-order valence-electron chi connectivity index (χ3n) is 2.11. The predicted octanol–water partition coefficient (Wildman–Crippen LogP) is 2.10. The van der Waals surface area contributed by atoms with Crippen LogP contribution in [0.1, 0.15) is 10.5 Å². The first kappa shape index (κ1) is 12.3. The van der Waals surface area contributed by atoms with Crippen LogP contribution in [-0.4, -0.2) is 15.9 Å². The van der Waals surface area contributed by atoms with Crippen LogP contribution in [0.25, 0.3) is 0 Å². The number of hydrogen-bond acceptors (Lipinski definition) is 4. The molecule has 92 valence electrons. The lowest BCUT2D eigenvalue weighted by Crippen LogP contribution is -2.15. The van der Waals surface area contributed by atoms with Gasteiger partial charge in [-0.25, -0.2) is 14.4 Å². The number of nitrogen functional groups attached to an aromatic ring is 1. The molecular formula is C11H8ClFN4O. The fraction of sp³-hybridized carbons (Fsp3) is 0. The Morgan fingerprint density at radius 1 is 1.33 bits per heavy atom. The van der Waals surface area contributed by atoms with Crippen LogP contribution >= 0.6 is 11.6 Å². The SMILES string of the molecule is Nc1cnc(C(=O)Nc2c(F)cccc2Cl)cn1. The normalized spacial score (nSPS) is 10.1. The van der Waals surface area contributed by atoms with Crippen LogP contribution in [0.5, 0.6) is 0 Å². The van der Waals surface area contributed by atoms with Crippen molar-refractivity contribution in [3.63, 3.8) is 0 Å².